The van der Waals surface area contributed by atoms with Gasteiger partial charge in [-0.05, 0) is 23.2 Å². The summed E-state index contributed by atoms with van der Waals surface area (Å²) in [4.78, 5) is 11.1. The summed E-state index contributed by atoms with van der Waals surface area (Å²) in [5.74, 6) is 0.411. The van der Waals surface area contributed by atoms with E-state index in [2.05, 4.69) is 15.0 Å². The molecule has 0 saturated heterocycles. The highest BCUT2D eigenvalue weighted by Gasteiger charge is 2.06. The molecule has 15 heavy (non-hydrogen) atoms. The fourth-order valence-corrected chi connectivity index (χ4v) is 3.15. The van der Waals surface area contributed by atoms with Gasteiger partial charge in [0.25, 0.3) is 0 Å². The van der Waals surface area contributed by atoms with Crippen LogP contribution in [0.2, 0.25) is 10.6 Å². The number of aromatic nitrogens is 3. The second kappa shape index (κ2) is 5.29. The van der Waals surface area contributed by atoms with E-state index in [-0.39, 0.29) is 16.3 Å². The minimum atomic E-state index is -2.97. The topological polar surface area (TPSA) is 72.8 Å². The molecule has 0 aliphatic heterocycles. The van der Waals surface area contributed by atoms with Gasteiger partial charge in [-0.3, -0.25) is 0 Å². The molecule has 0 unspecified atom stereocenters. The molecule has 0 aromatic carbocycles. The van der Waals surface area contributed by atoms with Crippen LogP contribution in [0.3, 0.4) is 0 Å². The van der Waals surface area contributed by atoms with Crippen molar-refractivity contribution >= 4 is 44.8 Å². The van der Waals surface area contributed by atoms with Gasteiger partial charge in [0.1, 0.15) is 9.84 Å². The minimum Gasteiger partial charge on any atom is -0.229 e. The minimum absolute atomic E-state index is 0.00291. The Balaban J connectivity index is 2.58. The molecule has 0 bridgehead atoms. The van der Waals surface area contributed by atoms with E-state index in [0.29, 0.717) is 10.9 Å². The van der Waals surface area contributed by atoms with Crippen molar-refractivity contribution in [3.8, 4) is 0 Å². The Hall–Kier alpha value is -0.110. The molecule has 0 radical (unpaired) electrons. The van der Waals surface area contributed by atoms with Gasteiger partial charge in [0.2, 0.25) is 10.6 Å². The number of rotatable bonds is 4. The van der Waals surface area contributed by atoms with Crippen LogP contribution in [0.4, 0.5) is 0 Å². The van der Waals surface area contributed by atoms with Gasteiger partial charge in [-0.25, -0.2) is 8.42 Å². The maximum Gasteiger partial charge on any atom is 0.227 e. The first-order valence-electron chi connectivity index (χ1n) is 3.74. The van der Waals surface area contributed by atoms with E-state index in [1.165, 1.54) is 18.0 Å². The van der Waals surface area contributed by atoms with E-state index in [0.717, 1.165) is 0 Å². The van der Waals surface area contributed by atoms with Gasteiger partial charge < -0.3 is 0 Å². The molecule has 0 atom stereocenters. The van der Waals surface area contributed by atoms with Crippen molar-refractivity contribution in [2.24, 2.45) is 0 Å². The smallest absolute Gasteiger partial charge is 0.227 e. The zero-order chi connectivity index (χ0) is 11.5. The van der Waals surface area contributed by atoms with E-state index >= 15 is 0 Å². The van der Waals surface area contributed by atoms with Crippen LogP contribution in [-0.2, 0) is 9.84 Å². The van der Waals surface area contributed by atoms with Crippen LogP contribution in [0.15, 0.2) is 5.16 Å². The molecule has 1 aromatic rings. The molecule has 0 aliphatic rings. The summed E-state index contributed by atoms with van der Waals surface area (Å²) in [5, 5.41) is 0.317. The van der Waals surface area contributed by atoms with Gasteiger partial charge in [-0.1, -0.05) is 11.8 Å². The second-order valence-electron chi connectivity index (χ2n) is 2.63. The normalized spacial score (nSPS) is 11.7. The van der Waals surface area contributed by atoms with Crippen molar-refractivity contribution in [3.63, 3.8) is 0 Å². The average molecular weight is 288 g/mol. The van der Waals surface area contributed by atoms with Crippen molar-refractivity contribution in [1.82, 2.24) is 15.0 Å². The Labute approximate surface area is 102 Å². The summed E-state index contributed by atoms with van der Waals surface area (Å²) < 4.78 is 21.7. The third-order valence-electron chi connectivity index (χ3n) is 1.25. The SMILES string of the molecule is CS(=O)(=O)CCSc1nc(Cl)nc(Cl)n1. The standard InChI is InChI=1S/C6H7Cl2N3O2S2/c1-15(12,13)3-2-14-6-10-4(7)9-5(8)11-6/h2-3H2,1H3. The molecular weight excluding hydrogens is 281 g/mol. The van der Waals surface area contributed by atoms with Crippen LogP contribution in [-0.4, -0.2) is 41.1 Å². The van der Waals surface area contributed by atoms with Crippen LogP contribution in [0, 0.1) is 0 Å². The van der Waals surface area contributed by atoms with Gasteiger partial charge in [-0.2, -0.15) is 15.0 Å². The van der Waals surface area contributed by atoms with E-state index in [4.69, 9.17) is 23.2 Å². The molecule has 5 nitrogen and oxygen atoms in total. The lowest BCUT2D eigenvalue weighted by Crippen LogP contribution is -2.05. The molecule has 1 aromatic heterocycles. The molecule has 0 N–H and O–H groups in total. The maximum atomic E-state index is 10.8. The van der Waals surface area contributed by atoms with Crippen LogP contribution < -0.4 is 0 Å². The summed E-state index contributed by atoms with van der Waals surface area (Å²) in [7, 11) is -2.97. The van der Waals surface area contributed by atoms with Crippen LogP contribution in [0.1, 0.15) is 0 Å². The summed E-state index contributed by atoms with van der Waals surface area (Å²) in [6.45, 7) is 0. The van der Waals surface area contributed by atoms with Gasteiger partial charge in [0.05, 0.1) is 5.75 Å². The molecule has 84 valence electrons. The molecule has 9 heteroatoms. The molecule has 0 amide bonds. The number of nitrogens with zero attached hydrogens (tertiary/aromatic N) is 3. The highest BCUT2D eigenvalue weighted by molar-refractivity contribution is 8.00. The van der Waals surface area contributed by atoms with E-state index < -0.39 is 9.84 Å². The van der Waals surface area contributed by atoms with Gasteiger partial charge in [0, 0.05) is 12.0 Å². The Morgan fingerprint density at radius 1 is 1.20 bits per heavy atom. The van der Waals surface area contributed by atoms with E-state index in [9.17, 15) is 8.42 Å². The largest absolute Gasteiger partial charge is 0.229 e. The first-order valence-corrected chi connectivity index (χ1v) is 7.54. The first kappa shape index (κ1) is 13.0. The van der Waals surface area contributed by atoms with Gasteiger partial charge in [-0.15, -0.1) is 0 Å². The zero-order valence-corrected chi connectivity index (χ0v) is 10.8. The monoisotopic (exact) mass is 287 g/mol. The van der Waals surface area contributed by atoms with Crippen molar-refractivity contribution in [1.29, 1.82) is 0 Å². The maximum absolute atomic E-state index is 10.8. The van der Waals surface area contributed by atoms with Crippen molar-refractivity contribution < 1.29 is 8.42 Å². The third kappa shape index (κ3) is 5.50. The molecule has 1 heterocycles. The van der Waals surface area contributed by atoms with Crippen molar-refractivity contribution in [2.75, 3.05) is 17.8 Å². The Morgan fingerprint density at radius 2 is 1.73 bits per heavy atom. The molecule has 0 fully saturated rings. The predicted octanol–water partition coefficient (Wildman–Crippen LogP) is 1.32. The number of halogens is 2. The number of sulfone groups is 1. The lowest BCUT2D eigenvalue weighted by molar-refractivity contribution is 0.603. The Morgan fingerprint density at radius 3 is 2.20 bits per heavy atom. The number of hydrogen-bond acceptors (Lipinski definition) is 6. The van der Waals surface area contributed by atoms with Crippen LogP contribution >= 0.6 is 35.0 Å². The summed E-state index contributed by atoms with van der Waals surface area (Å²) in [6, 6.07) is 0. The predicted molar refractivity (Wildman–Crippen MR) is 60.3 cm³/mol. The molecule has 0 aliphatic carbocycles. The molecule has 0 spiro atoms. The Bertz CT molecular complexity index is 431. The van der Waals surface area contributed by atoms with Crippen molar-refractivity contribution in [2.45, 2.75) is 5.16 Å². The highest BCUT2D eigenvalue weighted by atomic mass is 35.5. The van der Waals surface area contributed by atoms with Gasteiger partial charge >= 0.3 is 0 Å². The van der Waals surface area contributed by atoms with E-state index in [1.54, 1.807) is 0 Å². The fraction of sp³-hybridized carbons (Fsp3) is 0.500. The van der Waals surface area contributed by atoms with Crippen molar-refractivity contribution in [3.05, 3.63) is 10.6 Å². The summed E-state index contributed by atoms with van der Waals surface area (Å²) in [6.07, 6.45) is 1.17. The molecule has 0 saturated carbocycles. The lowest BCUT2D eigenvalue weighted by atomic mass is 11.0. The van der Waals surface area contributed by atoms with Crippen LogP contribution in [0.25, 0.3) is 0 Å². The number of hydrogen-bond donors (Lipinski definition) is 0. The van der Waals surface area contributed by atoms with E-state index in [1.807, 2.05) is 0 Å². The number of thioether (sulfide) groups is 1. The zero-order valence-electron chi connectivity index (χ0n) is 7.64. The average Bonchev–Trinajstić information content (AvgIpc) is 1.99. The van der Waals surface area contributed by atoms with Gasteiger partial charge in [0.15, 0.2) is 5.16 Å². The summed E-state index contributed by atoms with van der Waals surface area (Å²) in [5.41, 5.74) is 0. The first-order chi connectivity index (χ1) is 6.87. The van der Waals surface area contributed by atoms with Crippen LogP contribution in [0.5, 0.6) is 0 Å². The Kier molecular flexibility index (Phi) is 4.57. The molecule has 1 rings (SSSR count). The summed E-state index contributed by atoms with van der Waals surface area (Å²) >= 11 is 12.2. The third-order valence-corrected chi connectivity index (χ3v) is 3.64. The lowest BCUT2D eigenvalue weighted by Gasteiger charge is -1.99. The highest BCUT2D eigenvalue weighted by Crippen LogP contribution is 2.16. The fourth-order valence-electron chi connectivity index (χ4n) is 0.658. The quantitative estimate of drug-likeness (QED) is 0.778. The second-order valence-corrected chi connectivity index (χ2v) is 6.63. The molecular formula is C6H7Cl2N3O2S2.